The first-order valence-corrected chi connectivity index (χ1v) is 8.13. The van der Waals surface area contributed by atoms with Gasteiger partial charge in [0.05, 0.1) is 6.04 Å². The minimum atomic E-state index is -0.552. The van der Waals surface area contributed by atoms with Crippen LogP contribution in [0, 0.1) is 11.7 Å². The van der Waals surface area contributed by atoms with Crippen LogP contribution in [-0.2, 0) is 11.2 Å². The molecule has 0 radical (unpaired) electrons. The van der Waals surface area contributed by atoms with E-state index in [0.29, 0.717) is 11.6 Å². The van der Waals surface area contributed by atoms with Crippen LogP contribution in [0.4, 0.5) is 15.8 Å². The van der Waals surface area contributed by atoms with Crippen LogP contribution in [-0.4, -0.2) is 17.6 Å². The molecule has 24 heavy (non-hydrogen) atoms. The van der Waals surface area contributed by atoms with Crippen LogP contribution in [0.15, 0.2) is 42.5 Å². The summed E-state index contributed by atoms with van der Waals surface area (Å²) < 4.78 is 14.1. The number of benzene rings is 2. The fourth-order valence-corrected chi connectivity index (χ4v) is 3.26. The van der Waals surface area contributed by atoms with Gasteiger partial charge in [0.25, 0.3) is 0 Å². The first-order chi connectivity index (χ1) is 11.6. The highest BCUT2D eigenvalue weighted by Gasteiger charge is 2.28. The second-order valence-corrected chi connectivity index (χ2v) is 6.23. The molecule has 2 atom stereocenters. The lowest BCUT2D eigenvalue weighted by Gasteiger charge is -2.33. The molecule has 0 spiro atoms. The van der Waals surface area contributed by atoms with Crippen LogP contribution >= 0.6 is 0 Å². The van der Waals surface area contributed by atoms with Crippen molar-refractivity contribution in [2.45, 2.75) is 25.8 Å². The Kier molecular flexibility index (Phi) is 4.81. The number of carbonyl (C=O) groups is 1. The van der Waals surface area contributed by atoms with E-state index in [4.69, 9.17) is 5.11 Å². The van der Waals surface area contributed by atoms with Crippen LogP contribution in [0.1, 0.15) is 30.5 Å². The van der Waals surface area contributed by atoms with Crippen molar-refractivity contribution in [1.82, 2.24) is 0 Å². The Labute approximate surface area is 140 Å². The van der Waals surface area contributed by atoms with E-state index in [1.165, 1.54) is 6.07 Å². The lowest BCUT2D eigenvalue weighted by Crippen LogP contribution is -2.25. The predicted molar refractivity (Wildman–Crippen MR) is 92.4 cm³/mol. The number of hydrogen-bond donors (Lipinski definition) is 3. The number of nitrogens with one attached hydrogen (secondary N) is 2. The van der Waals surface area contributed by atoms with Gasteiger partial charge in [0, 0.05) is 11.4 Å². The van der Waals surface area contributed by atoms with E-state index in [1.807, 2.05) is 24.3 Å². The summed E-state index contributed by atoms with van der Waals surface area (Å²) in [5.41, 5.74) is 3.25. The Morgan fingerprint density at radius 1 is 1.25 bits per heavy atom. The van der Waals surface area contributed by atoms with Crippen LogP contribution in [0.25, 0.3) is 0 Å². The maximum absolute atomic E-state index is 14.1. The summed E-state index contributed by atoms with van der Waals surface area (Å²) in [6, 6.07) is 12.6. The second-order valence-electron chi connectivity index (χ2n) is 6.23. The van der Waals surface area contributed by atoms with E-state index in [2.05, 4.69) is 17.6 Å². The van der Waals surface area contributed by atoms with E-state index in [-0.39, 0.29) is 11.9 Å². The van der Waals surface area contributed by atoms with Crippen molar-refractivity contribution in [1.29, 1.82) is 0 Å². The van der Waals surface area contributed by atoms with Gasteiger partial charge in [-0.1, -0.05) is 25.1 Å². The summed E-state index contributed by atoms with van der Waals surface area (Å²) in [7, 11) is 0. The topological polar surface area (TPSA) is 61.4 Å². The zero-order valence-corrected chi connectivity index (χ0v) is 13.6. The third-order valence-electron chi connectivity index (χ3n) is 4.52. The number of halogens is 1. The first kappa shape index (κ1) is 16.5. The number of carbonyl (C=O) groups excluding carboxylic acids is 1. The molecule has 3 N–H and O–H groups in total. The molecule has 0 aromatic heterocycles. The van der Waals surface area contributed by atoms with Crippen molar-refractivity contribution in [3.05, 3.63) is 59.4 Å². The molecule has 0 fully saturated rings. The molecule has 5 heteroatoms. The van der Waals surface area contributed by atoms with Crippen molar-refractivity contribution < 1.29 is 14.3 Å². The summed E-state index contributed by atoms with van der Waals surface area (Å²) in [4.78, 5) is 11.3. The van der Waals surface area contributed by atoms with Crippen molar-refractivity contribution in [2.24, 2.45) is 5.92 Å². The molecule has 1 amide bonds. The van der Waals surface area contributed by atoms with E-state index in [9.17, 15) is 9.18 Å². The molecule has 0 bridgehead atoms. The number of amides is 1. The average Bonchev–Trinajstić information content (AvgIpc) is 2.58. The molecule has 2 aromatic carbocycles. The fourth-order valence-electron chi connectivity index (χ4n) is 3.26. The highest BCUT2D eigenvalue weighted by atomic mass is 19.1. The van der Waals surface area contributed by atoms with Crippen molar-refractivity contribution in [2.75, 3.05) is 17.2 Å². The largest absolute Gasteiger partial charge is 0.387 e. The van der Waals surface area contributed by atoms with Crippen LogP contribution in [0.3, 0.4) is 0 Å². The third-order valence-corrected chi connectivity index (χ3v) is 4.52. The van der Waals surface area contributed by atoms with Gasteiger partial charge in [-0.15, -0.1) is 0 Å². The predicted octanol–water partition coefficient (Wildman–Crippen LogP) is 3.49. The Morgan fingerprint density at radius 2 is 2.00 bits per heavy atom. The van der Waals surface area contributed by atoms with Crippen molar-refractivity contribution in [3.63, 3.8) is 0 Å². The molecule has 0 aliphatic heterocycles. The Morgan fingerprint density at radius 3 is 2.79 bits per heavy atom. The Hall–Kier alpha value is -2.40. The second kappa shape index (κ2) is 7.01. The summed E-state index contributed by atoms with van der Waals surface area (Å²) in [6.45, 7) is 1.60. The SMILES string of the molecule is CC1CCc2c(F)cccc2C1Nc1cccc(NC(=O)CO)c1. The van der Waals surface area contributed by atoms with Crippen molar-refractivity contribution in [3.8, 4) is 0 Å². The van der Waals surface area contributed by atoms with Crippen molar-refractivity contribution >= 4 is 17.3 Å². The van der Waals surface area contributed by atoms with Crippen LogP contribution in [0.5, 0.6) is 0 Å². The zero-order valence-electron chi connectivity index (χ0n) is 13.6. The standard InChI is InChI=1S/C19H21FN2O2/c1-12-8-9-15-16(6-3-7-17(15)20)19(12)22-14-5-2-4-13(10-14)21-18(24)11-23/h2-7,10,12,19,22-23H,8-9,11H2,1H3,(H,21,24). The van der Waals surface area contributed by atoms with Gasteiger partial charge >= 0.3 is 0 Å². The lowest BCUT2D eigenvalue weighted by atomic mass is 9.80. The molecule has 2 unspecified atom stereocenters. The molecule has 0 saturated heterocycles. The first-order valence-electron chi connectivity index (χ1n) is 8.13. The number of aliphatic hydroxyl groups is 1. The summed E-state index contributed by atoms with van der Waals surface area (Å²) in [6.07, 6.45) is 1.68. The molecule has 3 rings (SSSR count). The smallest absolute Gasteiger partial charge is 0.250 e. The van der Waals surface area contributed by atoms with Gasteiger partial charge in [-0.3, -0.25) is 4.79 Å². The molecule has 1 aliphatic carbocycles. The van der Waals surface area contributed by atoms with Crippen LogP contribution < -0.4 is 10.6 Å². The number of anilines is 2. The molecular weight excluding hydrogens is 307 g/mol. The normalized spacial score (nSPS) is 19.5. The van der Waals surface area contributed by atoms with E-state index in [1.54, 1.807) is 12.1 Å². The Balaban J connectivity index is 1.85. The molecule has 4 nitrogen and oxygen atoms in total. The third kappa shape index (κ3) is 3.41. The minimum Gasteiger partial charge on any atom is -0.387 e. The quantitative estimate of drug-likeness (QED) is 0.805. The molecule has 1 aliphatic rings. The van der Waals surface area contributed by atoms with E-state index < -0.39 is 12.5 Å². The molecule has 126 valence electrons. The highest BCUT2D eigenvalue weighted by molar-refractivity contribution is 5.91. The Bertz CT molecular complexity index is 748. The maximum Gasteiger partial charge on any atom is 0.250 e. The fraction of sp³-hybridized carbons (Fsp3) is 0.316. The maximum atomic E-state index is 14.1. The summed E-state index contributed by atoms with van der Waals surface area (Å²) in [5.74, 6) is -0.226. The van der Waals surface area contributed by atoms with Gasteiger partial charge in [-0.2, -0.15) is 0 Å². The molecular formula is C19H21FN2O2. The molecule has 0 saturated carbocycles. The van der Waals surface area contributed by atoms with E-state index in [0.717, 1.165) is 29.7 Å². The van der Waals surface area contributed by atoms with Gasteiger partial charge in [0.1, 0.15) is 12.4 Å². The number of aliphatic hydroxyl groups excluding tert-OH is 1. The number of fused-ring (bicyclic) bond motifs is 1. The number of rotatable bonds is 4. The summed E-state index contributed by atoms with van der Waals surface area (Å²) >= 11 is 0. The average molecular weight is 328 g/mol. The number of hydrogen-bond acceptors (Lipinski definition) is 3. The van der Waals surface area contributed by atoms with Gasteiger partial charge in [0.2, 0.25) is 5.91 Å². The van der Waals surface area contributed by atoms with E-state index >= 15 is 0 Å². The highest BCUT2D eigenvalue weighted by Crippen LogP contribution is 2.37. The zero-order chi connectivity index (χ0) is 17.1. The van der Waals surface area contributed by atoms with Gasteiger partial charge in [-0.05, 0) is 54.2 Å². The van der Waals surface area contributed by atoms with Gasteiger partial charge in [-0.25, -0.2) is 4.39 Å². The molecule has 2 aromatic rings. The van der Waals surface area contributed by atoms with Gasteiger partial charge in [0.15, 0.2) is 0 Å². The molecule has 0 heterocycles. The monoisotopic (exact) mass is 328 g/mol. The van der Waals surface area contributed by atoms with Gasteiger partial charge < -0.3 is 15.7 Å². The summed E-state index contributed by atoms with van der Waals surface area (Å²) in [5, 5.41) is 14.9. The van der Waals surface area contributed by atoms with Crippen LogP contribution in [0.2, 0.25) is 0 Å². The lowest BCUT2D eigenvalue weighted by molar-refractivity contribution is -0.118. The minimum absolute atomic E-state index is 0.0215.